The van der Waals surface area contributed by atoms with Gasteiger partial charge in [0.2, 0.25) is 0 Å². The van der Waals surface area contributed by atoms with Crippen LogP contribution in [0.15, 0.2) is 24.3 Å². The first-order chi connectivity index (χ1) is 13.8. The standard InChI is InChI=1S/C17H11ClF4N4S.C2H6/c1-7-12(18)11(17(20,21)22)10-13-14(27-16(10)24-7)15(26-25-13)23-6-8-2-4-9(19)5-3-8;1-2/h2-5H,6H2,1H3,(H2,23,25,26);1-2H3. The summed E-state index contributed by atoms with van der Waals surface area (Å²) < 4.78 is 54.3. The van der Waals surface area contributed by atoms with Crippen molar-refractivity contribution in [3.05, 3.63) is 51.9 Å². The van der Waals surface area contributed by atoms with Crippen molar-refractivity contribution < 1.29 is 17.6 Å². The van der Waals surface area contributed by atoms with E-state index in [1.807, 2.05) is 13.8 Å². The lowest BCUT2D eigenvalue weighted by Crippen LogP contribution is -2.08. The van der Waals surface area contributed by atoms with Crippen LogP contribution >= 0.6 is 22.9 Å². The first-order valence-electron chi connectivity index (χ1n) is 8.78. The van der Waals surface area contributed by atoms with E-state index in [1.54, 1.807) is 12.1 Å². The molecule has 0 unspecified atom stereocenters. The van der Waals surface area contributed by atoms with Gasteiger partial charge in [-0.3, -0.25) is 5.10 Å². The van der Waals surface area contributed by atoms with Gasteiger partial charge in [0.25, 0.3) is 0 Å². The molecule has 2 N–H and O–H groups in total. The van der Waals surface area contributed by atoms with E-state index in [1.165, 1.54) is 19.1 Å². The summed E-state index contributed by atoms with van der Waals surface area (Å²) in [6.45, 7) is 5.78. The van der Waals surface area contributed by atoms with E-state index < -0.39 is 16.8 Å². The number of thiophene rings is 1. The number of pyridine rings is 1. The number of aryl methyl sites for hydroxylation is 1. The average Bonchev–Trinajstić information content (AvgIpc) is 3.22. The van der Waals surface area contributed by atoms with Crippen LogP contribution in [0.2, 0.25) is 5.02 Å². The predicted molar refractivity (Wildman–Crippen MR) is 109 cm³/mol. The molecule has 0 saturated carbocycles. The van der Waals surface area contributed by atoms with Crippen molar-refractivity contribution in [2.45, 2.75) is 33.5 Å². The Morgan fingerprint density at radius 3 is 2.45 bits per heavy atom. The highest BCUT2D eigenvalue weighted by molar-refractivity contribution is 7.26. The lowest BCUT2D eigenvalue weighted by atomic mass is 10.1. The molecule has 29 heavy (non-hydrogen) atoms. The van der Waals surface area contributed by atoms with E-state index in [-0.39, 0.29) is 27.2 Å². The number of nitrogens with zero attached hydrogens (tertiary/aromatic N) is 2. The molecule has 0 fully saturated rings. The quantitative estimate of drug-likeness (QED) is 0.337. The van der Waals surface area contributed by atoms with Crippen LogP contribution in [-0.4, -0.2) is 15.2 Å². The number of benzene rings is 1. The summed E-state index contributed by atoms with van der Waals surface area (Å²) in [5, 5.41) is 9.29. The highest BCUT2D eigenvalue weighted by Crippen LogP contribution is 2.46. The Labute approximate surface area is 172 Å². The van der Waals surface area contributed by atoms with Gasteiger partial charge in [-0.25, -0.2) is 9.37 Å². The van der Waals surface area contributed by atoms with Gasteiger partial charge in [0, 0.05) is 6.54 Å². The first-order valence-corrected chi connectivity index (χ1v) is 9.97. The summed E-state index contributed by atoms with van der Waals surface area (Å²) in [6, 6.07) is 5.90. The van der Waals surface area contributed by atoms with E-state index in [9.17, 15) is 17.6 Å². The Balaban J connectivity index is 0.00000117. The molecule has 0 aliphatic carbocycles. The first kappa shape index (κ1) is 21.3. The number of aromatic nitrogens is 3. The second kappa shape index (κ2) is 8.16. The van der Waals surface area contributed by atoms with Crippen molar-refractivity contribution in [1.29, 1.82) is 0 Å². The summed E-state index contributed by atoms with van der Waals surface area (Å²) in [6.07, 6.45) is -4.62. The minimum atomic E-state index is -4.62. The maximum absolute atomic E-state index is 13.6. The van der Waals surface area contributed by atoms with Gasteiger partial charge in [0.05, 0.1) is 31.9 Å². The molecule has 0 aliphatic heterocycles. The number of fused-ring (bicyclic) bond motifs is 3. The van der Waals surface area contributed by atoms with Gasteiger partial charge in [-0.1, -0.05) is 37.6 Å². The van der Waals surface area contributed by atoms with Gasteiger partial charge < -0.3 is 5.32 Å². The Morgan fingerprint density at radius 2 is 1.83 bits per heavy atom. The predicted octanol–water partition coefficient (Wildman–Crippen LogP) is 6.93. The van der Waals surface area contributed by atoms with Gasteiger partial charge in [-0.15, -0.1) is 11.3 Å². The number of hydrogen-bond acceptors (Lipinski definition) is 4. The molecule has 4 nitrogen and oxygen atoms in total. The lowest BCUT2D eigenvalue weighted by Gasteiger charge is -2.11. The average molecular weight is 445 g/mol. The highest BCUT2D eigenvalue weighted by Gasteiger charge is 2.38. The third-order valence-corrected chi connectivity index (χ3v) is 5.65. The molecule has 0 radical (unpaired) electrons. The second-order valence-electron chi connectivity index (χ2n) is 5.92. The molecule has 1 aromatic carbocycles. The molecule has 3 heterocycles. The van der Waals surface area contributed by atoms with E-state index in [0.29, 0.717) is 17.1 Å². The molecule has 0 spiro atoms. The number of aromatic amines is 1. The zero-order chi connectivity index (χ0) is 21.3. The molecule has 0 aliphatic rings. The van der Waals surface area contributed by atoms with Crippen LogP contribution in [0.1, 0.15) is 30.7 Å². The maximum Gasteiger partial charge on any atom is 0.418 e. The van der Waals surface area contributed by atoms with Gasteiger partial charge >= 0.3 is 6.18 Å². The monoisotopic (exact) mass is 444 g/mol. The third kappa shape index (κ3) is 4.02. The largest absolute Gasteiger partial charge is 0.418 e. The molecule has 3 aromatic heterocycles. The van der Waals surface area contributed by atoms with Gasteiger partial charge in [0.1, 0.15) is 10.6 Å². The van der Waals surface area contributed by atoms with Gasteiger partial charge in [-0.2, -0.15) is 18.3 Å². The number of nitrogens with one attached hydrogen (secondary N) is 2. The van der Waals surface area contributed by atoms with E-state index >= 15 is 0 Å². The molecule has 10 heteroatoms. The van der Waals surface area contributed by atoms with Crippen molar-refractivity contribution in [3.63, 3.8) is 0 Å². The van der Waals surface area contributed by atoms with E-state index in [2.05, 4.69) is 20.5 Å². The number of rotatable bonds is 3. The van der Waals surface area contributed by atoms with Crippen LogP contribution < -0.4 is 5.32 Å². The van der Waals surface area contributed by atoms with Crippen molar-refractivity contribution in [2.75, 3.05) is 5.32 Å². The van der Waals surface area contributed by atoms with Gasteiger partial charge in [-0.05, 0) is 24.6 Å². The molecular weight excluding hydrogens is 428 g/mol. The van der Waals surface area contributed by atoms with E-state index in [4.69, 9.17) is 11.6 Å². The summed E-state index contributed by atoms with van der Waals surface area (Å²) in [4.78, 5) is 4.43. The molecule has 0 atom stereocenters. The normalized spacial score (nSPS) is 11.6. The fourth-order valence-electron chi connectivity index (χ4n) is 2.83. The fraction of sp³-hybridized carbons (Fsp3) is 0.263. The molecular formula is C19H17ClF4N4S. The number of H-pyrrole nitrogens is 1. The summed E-state index contributed by atoms with van der Waals surface area (Å²) >= 11 is 7.02. The zero-order valence-corrected chi connectivity index (χ0v) is 17.3. The van der Waals surface area contributed by atoms with Crippen molar-refractivity contribution >= 4 is 49.2 Å². The molecule has 4 aromatic rings. The second-order valence-corrected chi connectivity index (χ2v) is 7.30. The van der Waals surface area contributed by atoms with Gasteiger partial charge in [0.15, 0.2) is 5.82 Å². The number of alkyl halides is 3. The number of hydrogen-bond donors (Lipinski definition) is 2. The Kier molecular flexibility index (Phi) is 6.00. The molecule has 0 bridgehead atoms. The van der Waals surface area contributed by atoms with Crippen molar-refractivity contribution in [3.8, 4) is 0 Å². The maximum atomic E-state index is 13.6. The highest BCUT2D eigenvalue weighted by atomic mass is 35.5. The van der Waals surface area contributed by atoms with Crippen molar-refractivity contribution in [1.82, 2.24) is 15.2 Å². The van der Waals surface area contributed by atoms with Crippen LogP contribution in [0.3, 0.4) is 0 Å². The summed E-state index contributed by atoms with van der Waals surface area (Å²) in [5.74, 6) is 0.0580. The third-order valence-electron chi connectivity index (χ3n) is 4.10. The van der Waals surface area contributed by atoms with Crippen molar-refractivity contribution in [2.24, 2.45) is 0 Å². The van der Waals surface area contributed by atoms with Crippen LogP contribution in [0, 0.1) is 12.7 Å². The number of halogens is 5. The Morgan fingerprint density at radius 1 is 1.17 bits per heavy atom. The SMILES string of the molecule is CC.Cc1nc2sc3c(NCc4ccc(F)cc4)n[nH]c3c2c(C(F)(F)F)c1Cl. The molecule has 154 valence electrons. The smallest absolute Gasteiger partial charge is 0.363 e. The summed E-state index contributed by atoms with van der Waals surface area (Å²) in [5.41, 5.74) is 0.251. The lowest BCUT2D eigenvalue weighted by molar-refractivity contribution is -0.136. The van der Waals surface area contributed by atoms with E-state index in [0.717, 1.165) is 16.9 Å². The van der Waals surface area contributed by atoms with Crippen LogP contribution in [0.25, 0.3) is 20.4 Å². The summed E-state index contributed by atoms with van der Waals surface area (Å²) in [7, 11) is 0. The van der Waals surface area contributed by atoms with Crippen LogP contribution in [0.5, 0.6) is 0 Å². The zero-order valence-electron chi connectivity index (χ0n) is 15.7. The minimum Gasteiger partial charge on any atom is -0.363 e. The fourth-order valence-corrected chi connectivity index (χ4v) is 4.22. The number of anilines is 1. The van der Waals surface area contributed by atoms with Crippen LogP contribution in [-0.2, 0) is 12.7 Å². The molecule has 0 saturated heterocycles. The molecule has 4 rings (SSSR count). The topological polar surface area (TPSA) is 53.6 Å². The Hall–Kier alpha value is -2.39. The molecule has 0 amide bonds. The van der Waals surface area contributed by atoms with Crippen LogP contribution in [0.4, 0.5) is 23.4 Å². The Bertz CT molecular complexity index is 1150. The minimum absolute atomic E-state index is 0.0829.